The number of nitrogens with one attached hydrogen (secondary N) is 2. The molecule has 3 aromatic rings. The Kier molecular flexibility index (Phi) is 7.53. The van der Waals surface area contributed by atoms with Gasteiger partial charge in [-0.2, -0.15) is 5.26 Å². The number of fused-ring (bicyclic) bond motifs is 1. The summed E-state index contributed by atoms with van der Waals surface area (Å²) in [6.45, 7) is 0.563. The second-order valence-corrected chi connectivity index (χ2v) is 10.2. The molecule has 2 aromatic carbocycles. The Morgan fingerprint density at radius 2 is 1.85 bits per heavy atom. The summed E-state index contributed by atoms with van der Waals surface area (Å²) in [6.07, 6.45) is 12.6. The lowest BCUT2D eigenvalue weighted by molar-refractivity contribution is 0.149. The summed E-state index contributed by atoms with van der Waals surface area (Å²) in [5.41, 5.74) is 11.8. The van der Waals surface area contributed by atoms with Crippen molar-refractivity contribution in [3.05, 3.63) is 95.5 Å². The van der Waals surface area contributed by atoms with Crippen LogP contribution >= 0.6 is 0 Å². The highest BCUT2D eigenvalue weighted by molar-refractivity contribution is 6.02. The molecular weight excluding hydrogens is 502 g/mol. The van der Waals surface area contributed by atoms with Crippen LogP contribution in [0, 0.1) is 11.3 Å². The Morgan fingerprint density at radius 1 is 1.02 bits per heavy atom. The second-order valence-electron chi connectivity index (χ2n) is 10.2. The highest BCUT2D eigenvalue weighted by Crippen LogP contribution is 2.26. The molecule has 1 aromatic heterocycles. The molecule has 0 amide bonds. The molecule has 6 rings (SSSR count). The molecule has 9 heteroatoms. The molecule has 2 aliphatic heterocycles. The topological polar surface area (TPSA) is 119 Å². The van der Waals surface area contributed by atoms with E-state index in [2.05, 4.69) is 51.3 Å². The van der Waals surface area contributed by atoms with Gasteiger partial charge in [0.2, 0.25) is 0 Å². The van der Waals surface area contributed by atoms with Crippen LogP contribution in [-0.4, -0.2) is 38.1 Å². The second kappa shape index (κ2) is 11.7. The fraction of sp³-hybridized carbons (Fsp3) is 0.290. The summed E-state index contributed by atoms with van der Waals surface area (Å²) in [6, 6.07) is 17.9. The standard InChI is InChI=1S/C31H31N7O2/c32-17-21-6-4-8-23(14-21)28-10-2-1-3-11-29-31(35-28)38(37-36-29)20-22-7-5-9-24(15-22)30-33-18-27(19-34-30)40-26-13-12-25(39)16-26/h4-11,14-15,18-19,25-26,36-37,39H,1-3,12-13,16,20H2. The van der Waals surface area contributed by atoms with Crippen LogP contribution in [0.5, 0.6) is 5.75 Å². The number of amidine groups is 1. The van der Waals surface area contributed by atoms with Gasteiger partial charge >= 0.3 is 0 Å². The maximum absolute atomic E-state index is 9.74. The first-order valence-corrected chi connectivity index (χ1v) is 13.7. The van der Waals surface area contributed by atoms with E-state index >= 15 is 0 Å². The molecule has 1 saturated carbocycles. The zero-order valence-electron chi connectivity index (χ0n) is 22.1. The van der Waals surface area contributed by atoms with Gasteiger partial charge in [0.25, 0.3) is 0 Å². The number of allylic oxidation sites excluding steroid dienone is 2. The molecule has 40 heavy (non-hydrogen) atoms. The normalized spacial score (nSPS) is 20.6. The number of aromatic nitrogens is 2. The molecule has 202 valence electrons. The van der Waals surface area contributed by atoms with E-state index in [1.54, 1.807) is 18.5 Å². The number of nitriles is 1. The number of hydrazine groups is 2. The Hall–Kier alpha value is -4.52. The van der Waals surface area contributed by atoms with Crippen molar-refractivity contribution in [3.8, 4) is 23.2 Å². The number of aliphatic hydroxyl groups excluding tert-OH is 1. The van der Waals surface area contributed by atoms with Gasteiger partial charge in [-0.15, -0.1) is 5.53 Å². The van der Waals surface area contributed by atoms with Gasteiger partial charge in [0.1, 0.15) is 6.10 Å². The number of hydrogen-bond donors (Lipinski definition) is 3. The van der Waals surface area contributed by atoms with Gasteiger partial charge in [-0.25, -0.2) is 15.0 Å². The Bertz CT molecular complexity index is 1510. The first-order valence-electron chi connectivity index (χ1n) is 13.7. The van der Waals surface area contributed by atoms with Crippen molar-refractivity contribution in [2.75, 3.05) is 0 Å². The van der Waals surface area contributed by atoms with Crippen LogP contribution in [0.25, 0.3) is 17.1 Å². The van der Waals surface area contributed by atoms with Crippen molar-refractivity contribution < 1.29 is 9.84 Å². The van der Waals surface area contributed by atoms with Crippen LogP contribution in [0.15, 0.2) is 83.8 Å². The third-order valence-corrected chi connectivity index (χ3v) is 7.24. The van der Waals surface area contributed by atoms with Crippen molar-refractivity contribution in [2.45, 2.75) is 57.3 Å². The van der Waals surface area contributed by atoms with Crippen molar-refractivity contribution in [1.29, 1.82) is 5.26 Å². The van der Waals surface area contributed by atoms with Gasteiger partial charge in [0, 0.05) is 17.5 Å². The van der Waals surface area contributed by atoms with Gasteiger partial charge in [-0.3, -0.25) is 5.01 Å². The van der Waals surface area contributed by atoms with Gasteiger partial charge in [-0.1, -0.05) is 42.5 Å². The third-order valence-electron chi connectivity index (χ3n) is 7.24. The number of benzene rings is 2. The van der Waals surface area contributed by atoms with E-state index in [1.165, 1.54) is 0 Å². The van der Waals surface area contributed by atoms with E-state index in [0.717, 1.165) is 66.0 Å². The van der Waals surface area contributed by atoms with Crippen molar-refractivity contribution in [2.24, 2.45) is 4.99 Å². The minimum absolute atomic E-state index is 0.0134. The van der Waals surface area contributed by atoms with Gasteiger partial charge in [0.05, 0.1) is 48.1 Å². The predicted molar refractivity (Wildman–Crippen MR) is 152 cm³/mol. The summed E-state index contributed by atoms with van der Waals surface area (Å²) in [5, 5.41) is 21.1. The Balaban J connectivity index is 1.21. The van der Waals surface area contributed by atoms with Crippen LogP contribution in [0.4, 0.5) is 0 Å². The average Bonchev–Trinajstić information content (AvgIpc) is 3.59. The predicted octanol–water partition coefficient (Wildman–Crippen LogP) is 4.64. The number of ether oxygens (including phenoxy) is 1. The highest BCUT2D eigenvalue weighted by Gasteiger charge is 2.26. The molecule has 3 N–H and O–H groups in total. The summed E-state index contributed by atoms with van der Waals surface area (Å²) in [4.78, 5) is 14.1. The van der Waals surface area contributed by atoms with Crippen molar-refractivity contribution in [3.63, 3.8) is 0 Å². The number of aliphatic imine (C=N–C) groups is 1. The maximum Gasteiger partial charge on any atom is 0.169 e. The third kappa shape index (κ3) is 5.88. The van der Waals surface area contributed by atoms with Gasteiger partial charge < -0.3 is 15.3 Å². The SMILES string of the molecule is N#Cc1cccc(C2=CCCCC=C3NNN(Cc4cccc(-c5ncc(OC6CCC(O)C6)cn5)c4)C3=N2)c1. The fourth-order valence-electron chi connectivity index (χ4n) is 5.19. The molecule has 3 aliphatic rings. The van der Waals surface area contributed by atoms with Crippen LogP contribution in [0.2, 0.25) is 0 Å². The van der Waals surface area contributed by atoms with Crippen molar-refractivity contribution >= 4 is 11.5 Å². The Morgan fingerprint density at radius 3 is 2.67 bits per heavy atom. The molecule has 2 atom stereocenters. The van der Waals surface area contributed by atoms with Gasteiger partial charge in [0.15, 0.2) is 17.4 Å². The van der Waals surface area contributed by atoms with Crippen LogP contribution in [0.1, 0.15) is 55.2 Å². The lowest BCUT2D eigenvalue weighted by Gasteiger charge is -2.18. The minimum atomic E-state index is -0.282. The molecule has 1 aliphatic carbocycles. The van der Waals surface area contributed by atoms with Crippen LogP contribution in [0.3, 0.4) is 0 Å². The number of rotatable bonds is 6. The van der Waals surface area contributed by atoms with E-state index in [1.807, 2.05) is 35.3 Å². The first kappa shape index (κ1) is 25.7. The lowest BCUT2D eigenvalue weighted by atomic mass is 10.1. The highest BCUT2D eigenvalue weighted by atomic mass is 16.5. The molecule has 2 unspecified atom stereocenters. The zero-order valence-corrected chi connectivity index (χ0v) is 22.1. The fourth-order valence-corrected chi connectivity index (χ4v) is 5.19. The zero-order chi connectivity index (χ0) is 27.3. The molecule has 9 nitrogen and oxygen atoms in total. The van der Waals surface area contributed by atoms with E-state index in [9.17, 15) is 10.4 Å². The first-order chi connectivity index (χ1) is 19.6. The van der Waals surface area contributed by atoms with Gasteiger partial charge in [-0.05, 0) is 55.9 Å². The quantitative estimate of drug-likeness (QED) is 0.419. The smallest absolute Gasteiger partial charge is 0.169 e. The monoisotopic (exact) mass is 533 g/mol. The Labute approximate surface area is 233 Å². The van der Waals surface area contributed by atoms with E-state index < -0.39 is 0 Å². The molecule has 1 saturated heterocycles. The molecule has 2 fully saturated rings. The maximum atomic E-state index is 9.74. The van der Waals surface area contributed by atoms with Crippen molar-refractivity contribution in [1.82, 2.24) is 25.9 Å². The largest absolute Gasteiger partial charge is 0.487 e. The lowest BCUT2D eigenvalue weighted by Crippen LogP contribution is -2.37. The molecule has 0 radical (unpaired) electrons. The number of hydrogen-bond acceptors (Lipinski definition) is 9. The molecule has 0 spiro atoms. The minimum Gasteiger partial charge on any atom is -0.487 e. The molecule has 3 heterocycles. The van der Waals surface area contributed by atoms with Crippen LogP contribution < -0.4 is 15.7 Å². The average molecular weight is 534 g/mol. The molecular formula is C31H31N7O2. The van der Waals surface area contributed by atoms with E-state index in [4.69, 9.17) is 9.73 Å². The molecule has 0 bridgehead atoms. The summed E-state index contributed by atoms with van der Waals surface area (Å²) in [5.74, 6) is 2.04. The van der Waals surface area contributed by atoms with E-state index in [-0.39, 0.29) is 12.2 Å². The summed E-state index contributed by atoms with van der Waals surface area (Å²) < 4.78 is 5.94. The van der Waals surface area contributed by atoms with Crippen LogP contribution in [-0.2, 0) is 6.54 Å². The summed E-state index contributed by atoms with van der Waals surface area (Å²) in [7, 11) is 0. The van der Waals surface area contributed by atoms with E-state index in [0.29, 0.717) is 30.1 Å². The number of nitrogens with zero attached hydrogens (tertiary/aromatic N) is 5. The summed E-state index contributed by atoms with van der Waals surface area (Å²) >= 11 is 0. The number of aliphatic hydroxyl groups is 1.